The Morgan fingerprint density at radius 1 is 1.00 bits per heavy atom. The number of carbonyl (C=O) groups excluding carboxylic acids is 2. The number of aromatic nitrogens is 4. The largest absolute Gasteiger partial charge is 0.477 e. The molecule has 2 aromatic carbocycles. The molecule has 0 spiro atoms. The molecule has 2 heterocycles. The summed E-state index contributed by atoms with van der Waals surface area (Å²) < 4.78 is 1.45. The Bertz CT molecular complexity index is 1400. The average molecular weight is 485 g/mol. The zero-order chi connectivity index (χ0) is 25.5. The van der Waals surface area contributed by atoms with E-state index in [9.17, 15) is 14.4 Å². The van der Waals surface area contributed by atoms with Gasteiger partial charge in [-0.15, -0.1) is 5.10 Å². The number of hydrogen-bond donors (Lipinski definition) is 3. The number of carboxylic acid groups (broad SMARTS) is 1. The number of aryl methyl sites for hydroxylation is 1. The lowest BCUT2D eigenvalue weighted by molar-refractivity contribution is -0.121. The smallest absolute Gasteiger partial charge is 0.354 e. The van der Waals surface area contributed by atoms with E-state index in [4.69, 9.17) is 5.11 Å². The van der Waals surface area contributed by atoms with E-state index in [2.05, 4.69) is 25.9 Å². The summed E-state index contributed by atoms with van der Waals surface area (Å²) in [6.45, 7) is 2.53. The van der Waals surface area contributed by atoms with Crippen LogP contribution in [-0.2, 0) is 11.3 Å². The molecule has 2 aromatic heterocycles. The van der Waals surface area contributed by atoms with Crippen LogP contribution in [0.2, 0.25) is 0 Å². The second kappa shape index (κ2) is 11.0. The topological polar surface area (TPSA) is 139 Å². The number of hydrogen-bond acceptors (Lipinski definition) is 6. The van der Waals surface area contributed by atoms with Gasteiger partial charge in [0.2, 0.25) is 5.91 Å². The third kappa shape index (κ3) is 5.98. The lowest BCUT2D eigenvalue weighted by Crippen LogP contribution is -2.30. The maximum absolute atomic E-state index is 12.7. The van der Waals surface area contributed by atoms with Crippen molar-refractivity contribution < 1.29 is 19.5 Å². The van der Waals surface area contributed by atoms with Gasteiger partial charge in [0.25, 0.3) is 5.91 Å². The van der Waals surface area contributed by atoms with E-state index in [1.807, 2.05) is 43.3 Å². The van der Waals surface area contributed by atoms with E-state index in [-0.39, 0.29) is 30.5 Å². The van der Waals surface area contributed by atoms with Gasteiger partial charge in [0.05, 0.1) is 11.9 Å². The van der Waals surface area contributed by atoms with Crippen LogP contribution < -0.4 is 10.6 Å². The summed E-state index contributed by atoms with van der Waals surface area (Å²) in [5, 5.41) is 23.0. The molecule has 4 rings (SSSR count). The molecule has 36 heavy (non-hydrogen) atoms. The van der Waals surface area contributed by atoms with Crippen LogP contribution in [0.4, 0.5) is 0 Å². The van der Waals surface area contributed by atoms with E-state index in [1.54, 1.807) is 24.4 Å². The number of carboxylic acids is 1. The number of nitrogens with zero attached hydrogens (tertiary/aromatic N) is 4. The lowest BCUT2D eigenvalue weighted by Gasteiger charge is -2.09. The monoisotopic (exact) mass is 484 g/mol. The van der Waals surface area contributed by atoms with Crippen LogP contribution in [0.5, 0.6) is 0 Å². The van der Waals surface area contributed by atoms with E-state index in [0.717, 1.165) is 11.1 Å². The minimum absolute atomic E-state index is 0.104. The van der Waals surface area contributed by atoms with Gasteiger partial charge in [-0.05, 0) is 42.3 Å². The normalized spacial score (nSPS) is 10.6. The minimum Gasteiger partial charge on any atom is -0.477 e. The quantitative estimate of drug-likeness (QED) is 0.332. The van der Waals surface area contributed by atoms with Crippen LogP contribution in [0, 0.1) is 6.92 Å². The Kier molecular flexibility index (Phi) is 7.45. The molecule has 0 saturated carbocycles. The first-order chi connectivity index (χ1) is 17.4. The van der Waals surface area contributed by atoms with E-state index >= 15 is 0 Å². The van der Waals surface area contributed by atoms with Crippen molar-refractivity contribution in [2.24, 2.45) is 0 Å². The first-order valence-corrected chi connectivity index (χ1v) is 11.2. The second-order valence-corrected chi connectivity index (χ2v) is 8.05. The van der Waals surface area contributed by atoms with Gasteiger partial charge < -0.3 is 15.7 Å². The fraction of sp³-hybridized carbons (Fsp3) is 0.154. The van der Waals surface area contributed by atoms with Gasteiger partial charge in [-0.3, -0.25) is 9.59 Å². The number of nitrogens with one attached hydrogen (secondary N) is 2. The summed E-state index contributed by atoms with van der Waals surface area (Å²) in [7, 11) is 0. The van der Waals surface area contributed by atoms with Crippen LogP contribution in [0.15, 0.2) is 73.1 Å². The molecular formula is C26H24N6O4. The Hall–Kier alpha value is -4.86. The highest BCUT2D eigenvalue weighted by Crippen LogP contribution is 2.23. The average Bonchev–Trinajstić information content (AvgIpc) is 3.38. The third-order valence-electron chi connectivity index (χ3n) is 5.47. The summed E-state index contributed by atoms with van der Waals surface area (Å²) in [4.78, 5) is 39.8. The van der Waals surface area contributed by atoms with Crippen molar-refractivity contribution >= 4 is 17.8 Å². The molecule has 0 bridgehead atoms. The Morgan fingerprint density at radius 3 is 2.58 bits per heavy atom. The fourth-order valence-electron chi connectivity index (χ4n) is 3.51. The van der Waals surface area contributed by atoms with Crippen molar-refractivity contribution in [1.29, 1.82) is 0 Å². The number of pyridine rings is 1. The highest BCUT2D eigenvalue weighted by molar-refractivity contribution is 5.95. The van der Waals surface area contributed by atoms with Crippen LogP contribution in [-0.4, -0.2) is 49.4 Å². The molecule has 0 aliphatic carbocycles. The Labute approximate surface area is 207 Å². The van der Waals surface area contributed by atoms with Crippen molar-refractivity contribution in [3.63, 3.8) is 0 Å². The zero-order valence-corrected chi connectivity index (χ0v) is 19.5. The maximum Gasteiger partial charge on any atom is 0.354 e. The minimum atomic E-state index is -1.14. The summed E-state index contributed by atoms with van der Waals surface area (Å²) >= 11 is 0. The van der Waals surface area contributed by atoms with Crippen molar-refractivity contribution in [2.75, 3.05) is 6.54 Å². The highest BCUT2D eigenvalue weighted by atomic mass is 16.4. The second-order valence-electron chi connectivity index (χ2n) is 8.05. The first-order valence-electron chi connectivity index (χ1n) is 11.2. The van der Waals surface area contributed by atoms with Crippen molar-refractivity contribution in [1.82, 2.24) is 30.6 Å². The molecule has 0 saturated heterocycles. The molecular weight excluding hydrogens is 460 g/mol. The van der Waals surface area contributed by atoms with Gasteiger partial charge in [0.1, 0.15) is 11.4 Å². The van der Waals surface area contributed by atoms with Gasteiger partial charge in [-0.25, -0.2) is 14.5 Å². The Balaban J connectivity index is 1.38. The molecule has 0 aliphatic rings. The van der Waals surface area contributed by atoms with Gasteiger partial charge in [0.15, 0.2) is 0 Å². The Morgan fingerprint density at radius 2 is 1.81 bits per heavy atom. The summed E-state index contributed by atoms with van der Waals surface area (Å²) in [6, 6.07) is 17.8. The van der Waals surface area contributed by atoms with Gasteiger partial charge in [-0.2, -0.15) is 0 Å². The number of carbonyl (C=O) groups is 3. The number of benzene rings is 2. The molecule has 0 atom stereocenters. The molecule has 3 N–H and O–H groups in total. The molecule has 10 heteroatoms. The third-order valence-corrected chi connectivity index (χ3v) is 5.47. The SMILES string of the molecule is Cc1ccc(C(=O)NCCC(=O)NCc2ccccc2)cc1-c1cn(-c2ccnc(C(=O)O)c2)nn1. The predicted molar refractivity (Wildman–Crippen MR) is 132 cm³/mol. The predicted octanol–water partition coefficient (Wildman–Crippen LogP) is 2.77. The summed E-state index contributed by atoms with van der Waals surface area (Å²) in [5.41, 5.74) is 3.95. The highest BCUT2D eigenvalue weighted by Gasteiger charge is 2.14. The molecule has 4 aromatic rings. The molecule has 182 valence electrons. The van der Waals surface area contributed by atoms with Gasteiger partial charge >= 0.3 is 5.97 Å². The van der Waals surface area contributed by atoms with Gasteiger partial charge in [0, 0.05) is 36.8 Å². The van der Waals surface area contributed by atoms with Crippen LogP contribution in [0.3, 0.4) is 0 Å². The number of rotatable bonds is 9. The molecule has 2 amide bonds. The number of amides is 2. The van der Waals surface area contributed by atoms with Crippen molar-refractivity contribution in [3.8, 4) is 16.9 Å². The van der Waals surface area contributed by atoms with Crippen molar-refractivity contribution in [3.05, 3.63) is 95.4 Å². The van der Waals surface area contributed by atoms with E-state index in [1.165, 1.54) is 16.9 Å². The van der Waals surface area contributed by atoms with Crippen LogP contribution in [0.25, 0.3) is 16.9 Å². The molecule has 0 radical (unpaired) electrons. The fourth-order valence-corrected chi connectivity index (χ4v) is 3.51. The molecule has 0 fully saturated rings. The van der Waals surface area contributed by atoms with Gasteiger partial charge in [-0.1, -0.05) is 41.6 Å². The molecule has 0 unspecified atom stereocenters. The summed E-state index contributed by atoms with van der Waals surface area (Å²) in [6.07, 6.45) is 3.20. The van der Waals surface area contributed by atoms with E-state index < -0.39 is 5.97 Å². The number of aromatic carboxylic acids is 1. The van der Waals surface area contributed by atoms with Crippen LogP contribution in [0.1, 0.15) is 38.4 Å². The van der Waals surface area contributed by atoms with Crippen molar-refractivity contribution in [2.45, 2.75) is 19.9 Å². The van der Waals surface area contributed by atoms with E-state index in [0.29, 0.717) is 29.1 Å². The van der Waals surface area contributed by atoms with Crippen LogP contribution >= 0.6 is 0 Å². The standard InChI is InChI=1S/C26H24N6O4/c1-17-7-8-19(25(34)28-12-10-24(33)29-15-18-5-3-2-4-6-18)13-21(17)23-16-32(31-30-23)20-9-11-27-22(14-20)26(35)36/h2-9,11,13-14,16H,10,12,15H2,1H3,(H,28,34)(H,29,33)(H,35,36). The molecule has 0 aliphatic heterocycles. The maximum atomic E-state index is 12.7. The lowest BCUT2D eigenvalue weighted by atomic mass is 10.0. The first kappa shape index (κ1) is 24.3. The summed E-state index contributed by atoms with van der Waals surface area (Å²) in [5.74, 6) is -1.59. The zero-order valence-electron chi connectivity index (χ0n) is 19.5. The molecule has 10 nitrogen and oxygen atoms in total.